The normalized spacial score (nSPS) is 13.9. The van der Waals surface area contributed by atoms with E-state index < -0.39 is 0 Å². The van der Waals surface area contributed by atoms with Gasteiger partial charge in [-0.05, 0) is 29.8 Å². The monoisotopic (exact) mass is 315 g/mol. The minimum absolute atomic E-state index is 0.602. The average Bonchev–Trinajstić information content (AvgIpc) is 3.17. The van der Waals surface area contributed by atoms with Gasteiger partial charge in [-0.1, -0.05) is 54.1 Å². The van der Waals surface area contributed by atoms with E-state index in [1.54, 1.807) is 0 Å². The molecule has 0 bridgehead atoms. The van der Waals surface area contributed by atoms with E-state index in [-0.39, 0.29) is 0 Å². The zero-order valence-electron chi connectivity index (χ0n) is 13.3. The quantitative estimate of drug-likeness (QED) is 0.798. The van der Waals surface area contributed by atoms with E-state index >= 15 is 0 Å². The fraction of sp³-hybridized carbons (Fsp3) is 0.105. The van der Waals surface area contributed by atoms with E-state index in [0.29, 0.717) is 5.82 Å². The van der Waals surface area contributed by atoms with E-state index in [0.717, 1.165) is 28.9 Å². The number of tetrazole rings is 1. The van der Waals surface area contributed by atoms with Gasteiger partial charge in [-0.15, -0.1) is 10.2 Å². The number of allylic oxidation sites excluding steroid dienone is 2. The van der Waals surface area contributed by atoms with Crippen LogP contribution in [0.2, 0.25) is 0 Å². The van der Waals surface area contributed by atoms with Crippen molar-refractivity contribution in [2.75, 3.05) is 11.4 Å². The maximum Gasteiger partial charge on any atom is 0.205 e. The van der Waals surface area contributed by atoms with Gasteiger partial charge in [0.25, 0.3) is 0 Å². The number of nitrogens with one attached hydrogen (secondary N) is 1. The molecule has 4 rings (SSSR count). The second kappa shape index (κ2) is 6.12. The fourth-order valence-electron chi connectivity index (χ4n) is 2.90. The van der Waals surface area contributed by atoms with Gasteiger partial charge < -0.3 is 4.90 Å². The Bertz CT molecular complexity index is 909. The van der Waals surface area contributed by atoms with Gasteiger partial charge in [0.05, 0.1) is 0 Å². The van der Waals surface area contributed by atoms with E-state index in [2.05, 4.69) is 81.1 Å². The predicted octanol–water partition coefficient (Wildman–Crippen LogP) is 3.81. The lowest BCUT2D eigenvalue weighted by Crippen LogP contribution is -2.19. The Hall–Kier alpha value is -3.21. The third kappa shape index (κ3) is 2.60. The molecule has 0 atom stereocenters. The van der Waals surface area contributed by atoms with Crippen molar-refractivity contribution in [3.63, 3.8) is 0 Å². The van der Waals surface area contributed by atoms with Crippen LogP contribution in [-0.4, -0.2) is 27.2 Å². The average molecular weight is 315 g/mol. The molecule has 0 spiro atoms. The van der Waals surface area contributed by atoms with Crippen LogP contribution in [0.4, 0.5) is 5.69 Å². The van der Waals surface area contributed by atoms with Gasteiger partial charge in [0.2, 0.25) is 5.82 Å². The molecule has 0 unspecified atom stereocenters. The molecule has 0 saturated heterocycles. The van der Waals surface area contributed by atoms with Crippen LogP contribution < -0.4 is 4.90 Å². The molecule has 1 aliphatic rings. The molecule has 118 valence electrons. The lowest BCUT2D eigenvalue weighted by Gasteiger charge is -2.25. The largest absolute Gasteiger partial charge is 0.344 e. The molecule has 3 aromatic rings. The first-order valence-electron chi connectivity index (χ1n) is 7.87. The first kappa shape index (κ1) is 14.4. The number of aromatic nitrogens is 4. The second-order valence-corrected chi connectivity index (χ2v) is 5.71. The number of H-pyrrole nitrogens is 1. The van der Waals surface area contributed by atoms with Crippen molar-refractivity contribution < 1.29 is 0 Å². The number of benzene rings is 2. The Morgan fingerprint density at radius 1 is 0.958 bits per heavy atom. The van der Waals surface area contributed by atoms with E-state index in [9.17, 15) is 0 Å². The molecule has 0 aliphatic carbocycles. The fourth-order valence-corrected chi connectivity index (χ4v) is 2.90. The molecular formula is C19H17N5. The SMILES string of the molecule is CC1=CCN(c2ccccc2-c2ccccc2-c2nn[nH]n2)C=C1. The maximum absolute atomic E-state index is 4.14. The Kier molecular flexibility index (Phi) is 3.67. The van der Waals surface area contributed by atoms with Gasteiger partial charge in [-0.3, -0.25) is 0 Å². The molecule has 1 aromatic heterocycles. The van der Waals surface area contributed by atoms with E-state index in [1.807, 2.05) is 18.2 Å². The molecule has 0 radical (unpaired) electrons. The summed E-state index contributed by atoms with van der Waals surface area (Å²) in [6, 6.07) is 16.5. The van der Waals surface area contributed by atoms with Crippen molar-refractivity contribution in [1.29, 1.82) is 0 Å². The lowest BCUT2D eigenvalue weighted by molar-refractivity contribution is 0.881. The molecule has 2 heterocycles. The smallest absolute Gasteiger partial charge is 0.205 e. The highest BCUT2D eigenvalue weighted by atomic mass is 15.5. The van der Waals surface area contributed by atoms with Gasteiger partial charge in [0, 0.05) is 29.6 Å². The summed E-state index contributed by atoms with van der Waals surface area (Å²) in [4.78, 5) is 2.25. The van der Waals surface area contributed by atoms with Gasteiger partial charge >= 0.3 is 0 Å². The zero-order valence-corrected chi connectivity index (χ0v) is 13.3. The summed E-state index contributed by atoms with van der Waals surface area (Å²) in [6.45, 7) is 2.98. The van der Waals surface area contributed by atoms with Crippen LogP contribution in [0, 0.1) is 0 Å². The molecule has 1 N–H and O–H groups in total. The van der Waals surface area contributed by atoms with Crippen molar-refractivity contribution in [3.05, 3.63) is 72.5 Å². The highest BCUT2D eigenvalue weighted by molar-refractivity contribution is 5.88. The number of hydrogen-bond donors (Lipinski definition) is 1. The Morgan fingerprint density at radius 3 is 2.42 bits per heavy atom. The second-order valence-electron chi connectivity index (χ2n) is 5.71. The van der Waals surface area contributed by atoms with Crippen LogP contribution in [0.5, 0.6) is 0 Å². The first-order valence-corrected chi connectivity index (χ1v) is 7.87. The van der Waals surface area contributed by atoms with Crippen molar-refractivity contribution in [2.45, 2.75) is 6.92 Å². The van der Waals surface area contributed by atoms with Crippen molar-refractivity contribution >= 4 is 5.69 Å². The third-order valence-corrected chi connectivity index (χ3v) is 4.14. The number of para-hydroxylation sites is 1. The summed E-state index contributed by atoms with van der Waals surface area (Å²) in [6.07, 6.45) is 6.48. The Labute approximate surface area is 140 Å². The predicted molar refractivity (Wildman–Crippen MR) is 95.3 cm³/mol. The third-order valence-electron chi connectivity index (χ3n) is 4.14. The van der Waals surface area contributed by atoms with Crippen molar-refractivity contribution in [2.24, 2.45) is 0 Å². The van der Waals surface area contributed by atoms with Crippen molar-refractivity contribution in [1.82, 2.24) is 20.6 Å². The maximum atomic E-state index is 4.14. The number of nitrogens with zero attached hydrogens (tertiary/aromatic N) is 4. The molecular weight excluding hydrogens is 298 g/mol. The first-order chi connectivity index (χ1) is 11.8. The lowest BCUT2D eigenvalue weighted by atomic mass is 9.97. The van der Waals surface area contributed by atoms with Gasteiger partial charge in [0.15, 0.2) is 0 Å². The summed E-state index contributed by atoms with van der Waals surface area (Å²) >= 11 is 0. The molecule has 24 heavy (non-hydrogen) atoms. The standard InChI is InChI=1S/C19H17N5/c1-14-10-12-24(13-11-14)18-9-5-4-7-16(18)15-6-2-3-8-17(15)19-20-22-23-21-19/h2-12H,13H2,1H3,(H,20,21,22,23). The highest BCUT2D eigenvalue weighted by Crippen LogP contribution is 2.36. The van der Waals surface area contributed by atoms with Crippen LogP contribution in [-0.2, 0) is 0 Å². The molecule has 1 aliphatic heterocycles. The van der Waals surface area contributed by atoms with Gasteiger partial charge in [0.1, 0.15) is 0 Å². The summed E-state index contributed by atoms with van der Waals surface area (Å²) in [5.74, 6) is 0.602. The van der Waals surface area contributed by atoms with E-state index in [1.165, 1.54) is 5.57 Å². The Balaban J connectivity index is 1.83. The van der Waals surface area contributed by atoms with Crippen LogP contribution in [0.1, 0.15) is 6.92 Å². The molecule has 5 nitrogen and oxygen atoms in total. The van der Waals surface area contributed by atoms with E-state index in [4.69, 9.17) is 0 Å². The van der Waals surface area contributed by atoms with Crippen LogP contribution in [0.3, 0.4) is 0 Å². The highest BCUT2D eigenvalue weighted by Gasteiger charge is 2.16. The molecule has 2 aromatic carbocycles. The van der Waals surface area contributed by atoms with Crippen LogP contribution in [0.25, 0.3) is 22.5 Å². The number of aromatic amines is 1. The zero-order chi connectivity index (χ0) is 16.4. The molecule has 0 amide bonds. The Morgan fingerprint density at radius 2 is 1.71 bits per heavy atom. The van der Waals surface area contributed by atoms with Crippen molar-refractivity contribution in [3.8, 4) is 22.5 Å². The topological polar surface area (TPSA) is 57.7 Å². The summed E-state index contributed by atoms with van der Waals surface area (Å²) in [5.41, 5.74) is 5.65. The minimum Gasteiger partial charge on any atom is -0.344 e. The molecule has 0 fully saturated rings. The number of anilines is 1. The molecule has 0 saturated carbocycles. The summed E-state index contributed by atoms with van der Waals surface area (Å²) in [7, 11) is 0. The number of rotatable bonds is 3. The summed E-state index contributed by atoms with van der Waals surface area (Å²) < 4.78 is 0. The molecule has 5 heteroatoms. The van der Waals surface area contributed by atoms with Crippen LogP contribution >= 0.6 is 0 Å². The minimum atomic E-state index is 0.602. The number of hydrogen-bond acceptors (Lipinski definition) is 4. The summed E-state index contributed by atoms with van der Waals surface area (Å²) in [5, 5.41) is 14.5. The van der Waals surface area contributed by atoms with Crippen LogP contribution in [0.15, 0.2) is 72.5 Å². The van der Waals surface area contributed by atoms with Gasteiger partial charge in [-0.25, -0.2) is 0 Å². The van der Waals surface area contributed by atoms with Gasteiger partial charge in [-0.2, -0.15) is 5.21 Å².